The van der Waals surface area contributed by atoms with E-state index in [1.54, 1.807) is 16.8 Å². The van der Waals surface area contributed by atoms with Crippen LogP contribution in [0.2, 0.25) is 0 Å². The van der Waals surface area contributed by atoms with Crippen LogP contribution < -0.4 is 0 Å². The Labute approximate surface area is 146 Å². The van der Waals surface area contributed by atoms with E-state index in [1.807, 2.05) is 30.5 Å². The lowest BCUT2D eigenvalue weighted by molar-refractivity contribution is 0.0468. The zero-order chi connectivity index (χ0) is 17.2. The summed E-state index contributed by atoms with van der Waals surface area (Å²) in [5.41, 5.74) is 2.54. The first-order valence-electron chi connectivity index (χ1n) is 7.73. The first-order chi connectivity index (χ1) is 12.2. The predicted molar refractivity (Wildman–Crippen MR) is 92.1 cm³/mol. The Bertz CT molecular complexity index is 1020. The van der Waals surface area contributed by atoms with E-state index in [2.05, 4.69) is 15.3 Å². The highest BCUT2D eigenvalue weighted by Crippen LogP contribution is 2.24. The second-order valence-corrected chi connectivity index (χ2v) is 6.25. The van der Waals surface area contributed by atoms with Crippen molar-refractivity contribution in [2.45, 2.75) is 20.1 Å². The maximum absolute atomic E-state index is 12.2. The Kier molecular flexibility index (Phi) is 4.02. The molecule has 7 nitrogen and oxygen atoms in total. The van der Waals surface area contributed by atoms with Crippen LogP contribution in [-0.4, -0.2) is 25.9 Å². The van der Waals surface area contributed by atoms with Crippen LogP contribution in [0.4, 0.5) is 0 Å². The second kappa shape index (κ2) is 6.48. The summed E-state index contributed by atoms with van der Waals surface area (Å²) >= 11 is 1.54. The van der Waals surface area contributed by atoms with Crippen molar-refractivity contribution in [3.05, 3.63) is 53.2 Å². The molecule has 3 heterocycles. The van der Waals surface area contributed by atoms with Gasteiger partial charge in [-0.2, -0.15) is 0 Å². The zero-order valence-electron chi connectivity index (χ0n) is 13.4. The van der Waals surface area contributed by atoms with Crippen LogP contribution in [0.25, 0.3) is 21.8 Å². The number of thiophene rings is 1. The van der Waals surface area contributed by atoms with E-state index >= 15 is 0 Å². The lowest BCUT2D eigenvalue weighted by atomic mass is 10.2. The first kappa shape index (κ1) is 15.5. The molecule has 0 radical (unpaired) electrons. The first-order valence-corrected chi connectivity index (χ1v) is 8.61. The minimum absolute atomic E-state index is 0.0490. The fourth-order valence-corrected chi connectivity index (χ4v) is 3.10. The quantitative estimate of drug-likeness (QED) is 0.510. The third kappa shape index (κ3) is 3.03. The number of nitrogens with zero attached hydrogens (tertiary/aromatic N) is 4. The number of hydrogen-bond acceptors (Lipinski definition) is 7. The molecule has 3 aromatic heterocycles. The molecule has 0 unspecified atom stereocenters. The van der Waals surface area contributed by atoms with Crippen LogP contribution in [0, 0.1) is 0 Å². The fourth-order valence-electron chi connectivity index (χ4n) is 2.44. The van der Waals surface area contributed by atoms with Crippen molar-refractivity contribution in [2.24, 2.45) is 0 Å². The smallest absolute Gasteiger partial charge is 0.338 e. The third-order valence-electron chi connectivity index (χ3n) is 3.68. The summed E-state index contributed by atoms with van der Waals surface area (Å²) in [7, 11) is 0. The van der Waals surface area contributed by atoms with Crippen LogP contribution in [-0.2, 0) is 17.9 Å². The van der Waals surface area contributed by atoms with E-state index in [4.69, 9.17) is 9.15 Å². The molecule has 0 bridgehead atoms. The molecule has 8 heteroatoms. The number of oxazole rings is 1. The number of aromatic nitrogens is 4. The molecular formula is C17H14N4O3S. The monoisotopic (exact) mass is 354 g/mol. The third-order valence-corrected chi connectivity index (χ3v) is 4.54. The summed E-state index contributed by atoms with van der Waals surface area (Å²) in [5.74, 6) is 0.0901. The number of carbonyl (C=O) groups excluding carboxylic acids is 1. The Hall–Kier alpha value is -3.00. The Morgan fingerprint density at radius 2 is 2.28 bits per heavy atom. The van der Waals surface area contributed by atoms with Gasteiger partial charge in [-0.25, -0.2) is 14.5 Å². The minimum atomic E-state index is -0.436. The summed E-state index contributed by atoms with van der Waals surface area (Å²) in [4.78, 5) is 17.5. The molecule has 25 heavy (non-hydrogen) atoms. The van der Waals surface area contributed by atoms with E-state index in [9.17, 15) is 4.79 Å². The fraction of sp³-hybridized carbons (Fsp3) is 0.176. The molecule has 0 saturated heterocycles. The van der Waals surface area contributed by atoms with Crippen molar-refractivity contribution in [3.8, 4) is 10.8 Å². The summed E-state index contributed by atoms with van der Waals surface area (Å²) in [6.07, 6.45) is 1.50. The van der Waals surface area contributed by atoms with Crippen LogP contribution in [0.5, 0.6) is 0 Å². The highest BCUT2D eigenvalue weighted by molar-refractivity contribution is 7.13. The van der Waals surface area contributed by atoms with Crippen molar-refractivity contribution >= 4 is 28.3 Å². The van der Waals surface area contributed by atoms with Gasteiger partial charge in [0, 0.05) is 6.54 Å². The van der Waals surface area contributed by atoms with Gasteiger partial charge in [-0.15, -0.1) is 16.4 Å². The van der Waals surface area contributed by atoms with E-state index in [-0.39, 0.29) is 6.61 Å². The number of rotatable bonds is 5. The summed E-state index contributed by atoms with van der Waals surface area (Å²) < 4.78 is 12.5. The van der Waals surface area contributed by atoms with Gasteiger partial charge in [-0.1, -0.05) is 11.3 Å². The van der Waals surface area contributed by atoms with Gasteiger partial charge in [-0.3, -0.25) is 0 Å². The van der Waals surface area contributed by atoms with Crippen molar-refractivity contribution in [1.29, 1.82) is 0 Å². The van der Waals surface area contributed by atoms with Crippen molar-refractivity contribution < 1.29 is 13.9 Å². The van der Waals surface area contributed by atoms with Crippen molar-refractivity contribution in [1.82, 2.24) is 20.0 Å². The molecule has 0 N–H and O–H groups in total. The number of esters is 1. The van der Waals surface area contributed by atoms with Gasteiger partial charge >= 0.3 is 5.97 Å². The average Bonchev–Trinajstić information content (AvgIpc) is 3.38. The number of benzene rings is 1. The second-order valence-electron chi connectivity index (χ2n) is 5.31. The molecule has 4 rings (SSSR count). The highest BCUT2D eigenvalue weighted by Gasteiger charge is 2.13. The maximum Gasteiger partial charge on any atom is 0.338 e. The van der Waals surface area contributed by atoms with Gasteiger partial charge < -0.3 is 9.15 Å². The molecule has 0 amide bonds. The zero-order valence-corrected chi connectivity index (χ0v) is 14.2. The average molecular weight is 354 g/mol. The molecule has 4 aromatic rings. The number of hydrogen-bond donors (Lipinski definition) is 0. The standard InChI is InChI=1S/C17H14N4O3S/c1-2-21-14-6-5-11(8-13(14)19-20-21)17(22)24-10-12-9-23-16(18-12)15-4-3-7-25-15/h3-9H,2,10H2,1H3. The normalized spacial score (nSPS) is 11.1. The largest absolute Gasteiger partial charge is 0.455 e. The molecule has 0 atom stereocenters. The maximum atomic E-state index is 12.2. The molecule has 0 fully saturated rings. The van der Waals surface area contributed by atoms with Gasteiger partial charge in [0.05, 0.1) is 16.0 Å². The van der Waals surface area contributed by atoms with Gasteiger partial charge in [0.1, 0.15) is 24.1 Å². The predicted octanol–water partition coefficient (Wildman–Crippen LogP) is 3.52. The van der Waals surface area contributed by atoms with Crippen LogP contribution >= 0.6 is 11.3 Å². The molecular weight excluding hydrogens is 340 g/mol. The summed E-state index contributed by atoms with van der Waals surface area (Å²) in [6.45, 7) is 2.76. The van der Waals surface area contributed by atoms with E-state index in [0.29, 0.717) is 22.7 Å². The molecule has 0 spiro atoms. The van der Waals surface area contributed by atoms with E-state index in [0.717, 1.165) is 16.9 Å². The van der Waals surface area contributed by atoms with Gasteiger partial charge in [-0.05, 0) is 36.6 Å². The number of fused-ring (bicyclic) bond motifs is 1. The van der Waals surface area contributed by atoms with Gasteiger partial charge in [0.15, 0.2) is 0 Å². The summed E-state index contributed by atoms with van der Waals surface area (Å²) in [6, 6.07) is 9.05. The summed E-state index contributed by atoms with van der Waals surface area (Å²) in [5, 5.41) is 10.0. The van der Waals surface area contributed by atoms with Crippen LogP contribution in [0.15, 0.2) is 46.4 Å². The number of ether oxygens (including phenoxy) is 1. The molecule has 126 valence electrons. The highest BCUT2D eigenvalue weighted by atomic mass is 32.1. The van der Waals surface area contributed by atoms with Crippen LogP contribution in [0.3, 0.4) is 0 Å². The van der Waals surface area contributed by atoms with Gasteiger partial charge in [0.2, 0.25) is 5.89 Å². The molecule has 0 aliphatic carbocycles. The van der Waals surface area contributed by atoms with E-state index in [1.165, 1.54) is 17.6 Å². The van der Waals surface area contributed by atoms with E-state index < -0.39 is 5.97 Å². The van der Waals surface area contributed by atoms with Crippen molar-refractivity contribution in [2.75, 3.05) is 0 Å². The Morgan fingerprint density at radius 3 is 3.08 bits per heavy atom. The van der Waals surface area contributed by atoms with Crippen LogP contribution in [0.1, 0.15) is 23.0 Å². The van der Waals surface area contributed by atoms with Crippen molar-refractivity contribution in [3.63, 3.8) is 0 Å². The lowest BCUT2D eigenvalue weighted by Gasteiger charge is -2.03. The SMILES string of the molecule is CCn1nnc2cc(C(=O)OCc3coc(-c4cccs4)n3)ccc21. The molecule has 1 aromatic carbocycles. The molecule has 0 aliphatic heterocycles. The van der Waals surface area contributed by atoms with Gasteiger partial charge in [0.25, 0.3) is 0 Å². The lowest BCUT2D eigenvalue weighted by Crippen LogP contribution is -2.05. The topological polar surface area (TPSA) is 83.0 Å². The minimum Gasteiger partial charge on any atom is -0.455 e. The Morgan fingerprint density at radius 1 is 1.36 bits per heavy atom. The number of carbonyl (C=O) groups is 1. The number of aryl methyl sites for hydroxylation is 1. The Balaban J connectivity index is 1.45. The molecule has 0 aliphatic rings. The molecule has 0 saturated carbocycles.